The van der Waals surface area contributed by atoms with Crippen LogP contribution in [0.3, 0.4) is 0 Å². The third-order valence-electron chi connectivity index (χ3n) is 3.30. The number of nitrogens with zero attached hydrogens (tertiary/aromatic N) is 1. The fourth-order valence-electron chi connectivity index (χ4n) is 1.93. The zero-order valence-electron chi connectivity index (χ0n) is 13.6. The van der Waals surface area contributed by atoms with Gasteiger partial charge in [-0.25, -0.2) is 4.39 Å². The number of rotatable bonds is 6. The van der Waals surface area contributed by atoms with Crippen molar-refractivity contribution in [1.82, 2.24) is 10.6 Å². The summed E-state index contributed by atoms with van der Waals surface area (Å²) in [6.07, 6.45) is -5.11. The van der Waals surface area contributed by atoms with E-state index in [1.165, 1.54) is 12.1 Å². The molecule has 0 aliphatic heterocycles. The maximum Gasteiger partial charge on any atom is 0.390 e. The number of hydrogen-bond acceptors (Lipinski definition) is 1. The number of benzene rings is 1. The van der Waals surface area contributed by atoms with Crippen molar-refractivity contribution in [3.05, 3.63) is 35.6 Å². The highest BCUT2D eigenvalue weighted by atomic mass is 19.4. The van der Waals surface area contributed by atoms with E-state index in [0.29, 0.717) is 19.0 Å². The van der Waals surface area contributed by atoms with Gasteiger partial charge in [0.2, 0.25) is 0 Å². The van der Waals surface area contributed by atoms with Crippen molar-refractivity contribution in [2.75, 3.05) is 19.6 Å². The second-order valence-electron chi connectivity index (χ2n) is 5.88. The monoisotopic (exact) mass is 333 g/mol. The van der Waals surface area contributed by atoms with Crippen molar-refractivity contribution in [2.45, 2.75) is 38.8 Å². The van der Waals surface area contributed by atoms with Crippen LogP contribution < -0.4 is 10.6 Å². The molecule has 0 aliphatic carbocycles. The molecule has 0 saturated heterocycles. The van der Waals surface area contributed by atoms with Gasteiger partial charge in [-0.3, -0.25) is 4.99 Å². The van der Waals surface area contributed by atoms with Gasteiger partial charge in [-0.2, -0.15) is 13.2 Å². The summed E-state index contributed by atoms with van der Waals surface area (Å²) in [6, 6.07) is 6.14. The number of nitrogens with one attached hydrogen (secondary N) is 2. The van der Waals surface area contributed by atoms with Gasteiger partial charge in [0.25, 0.3) is 0 Å². The lowest BCUT2D eigenvalue weighted by Crippen LogP contribution is -2.40. The zero-order chi connectivity index (χ0) is 17.5. The predicted octanol–water partition coefficient (Wildman–Crippen LogP) is 3.61. The minimum Gasteiger partial charge on any atom is -0.357 e. The SMILES string of the molecule is CCNC(=NCC(C)(C)c1ccc(F)cc1)NCCC(F)(F)F. The molecule has 1 aromatic carbocycles. The molecule has 0 radical (unpaired) electrons. The summed E-state index contributed by atoms with van der Waals surface area (Å²) >= 11 is 0. The number of aliphatic imine (C=N–C) groups is 1. The Morgan fingerprint density at radius 1 is 1.09 bits per heavy atom. The molecule has 0 atom stereocenters. The van der Waals surface area contributed by atoms with Gasteiger partial charge >= 0.3 is 6.18 Å². The highest BCUT2D eigenvalue weighted by molar-refractivity contribution is 5.79. The summed E-state index contributed by atoms with van der Waals surface area (Å²) in [5, 5.41) is 5.58. The lowest BCUT2D eigenvalue weighted by atomic mass is 9.85. The molecule has 3 nitrogen and oxygen atoms in total. The molecule has 0 unspecified atom stereocenters. The molecule has 2 N–H and O–H groups in total. The number of halogens is 4. The van der Waals surface area contributed by atoms with Crippen LogP contribution in [0.2, 0.25) is 0 Å². The van der Waals surface area contributed by atoms with Gasteiger partial charge in [0.05, 0.1) is 13.0 Å². The van der Waals surface area contributed by atoms with Gasteiger partial charge in [0.15, 0.2) is 5.96 Å². The van der Waals surface area contributed by atoms with E-state index < -0.39 is 12.6 Å². The average molecular weight is 333 g/mol. The van der Waals surface area contributed by atoms with Crippen LogP contribution in [0.25, 0.3) is 0 Å². The van der Waals surface area contributed by atoms with Crippen LogP contribution in [-0.4, -0.2) is 31.8 Å². The highest BCUT2D eigenvalue weighted by Crippen LogP contribution is 2.23. The normalized spacial score (nSPS) is 13.1. The van der Waals surface area contributed by atoms with Crippen LogP contribution in [-0.2, 0) is 5.41 Å². The molecule has 0 fully saturated rings. The van der Waals surface area contributed by atoms with Crippen molar-refractivity contribution in [2.24, 2.45) is 4.99 Å². The maximum absolute atomic E-state index is 13.0. The quantitative estimate of drug-likeness (QED) is 0.474. The average Bonchev–Trinajstić information content (AvgIpc) is 2.44. The van der Waals surface area contributed by atoms with E-state index >= 15 is 0 Å². The summed E-state index contributed by atoms with van der Waals surface area (Å²) < 4.78 is 49.6. The molecule has 0 amide bonds. The lowest BCUT2D eigenvalue weighted by molar-refractivity contribution is -0.132. The van der Waals surface area contributed by atoms with Crippen molar-refractivity contribution in [3.63, 3.8) is 0 Å². The Morgan fingerprint density at radius 2 is 1.70 bits per heavy atom. The number of alkyl halides is 3. The standard InChI is InChI=1S/C16H23F4N3/c1-4-21-14(22-10-9-16(18,19)20)23-11-15(2,3)12-5-7-13(17)8-6-12/h5-8H,4,9-11H2,1-3H3,(H2,21,22,23). The van der Waals surface area contributed by atoms with Gasteiger partial charge in [-0.05, 0) is 24.6 Å². The molecule has 0 spiro atoms. The largest absolute Gasteiger partial charge is 0.390 e. The zero-order valence-corrected chi connectivity index (χ0v) is 13.6. The third kappa shape index (κ3) is 7.34. The minimum absolute atomic E-state index is 0.230. The summed E-state index contributed by atoms with van der Waals surface area (Å²) in [5.74, 6) is 0.0298. The summed E-state index contributed by atoms with van der Waals surface area (Å²) in [4.78, 5) is 4.34. The van der Waals surface area contributed by atoms with E-state index in [1.807, 2.05) is 20.8 Å². The summed E-state index contributed by atoms with van der Waals surface area (Å²) in [7, 11) is 0. The fraction of sp³-hybridized carbons (Fsp3) is 0.562. The molecule has 0 bridgehead atoms. The van der Waals surface area contributed by atoms with Crippen molar-refractivity contribution in [1.29, 1.82) is 0 Å². The first kappa shape index (κ1) is 19.3. The van der Waals surface area contributed by atoms with Crippen molar-refractivity contribution >= 4 is 5.96 Å². The van der Waals surface area contributed by atoms with Crippen LogP contribution in [0.4, 0.5) is 17.6 Å². The Labute approximate surface area is 134 Å². The molecule has 130 valence electrons. The predicted molar refractivity (Wildman–Crippen MR) is 84.1 cm³/mol. The lowest BCUT2D eigenvalue weighted by Gasteiger charge is -2.24. The molecule has 0 aromatic heterocycles. The van der Waals surface area contributed by atoms with Crippen molar-refractivity contribution in [3.8, 4) is 0 Å². The third-order valence-corrected chi connectivity index (χ3v) is 3.30. The Kier molecular flexibility index (Phi) is 6.84. The summed E-state index contributed by atoms with van der Waals surface area (Å²) in [5.41, 5.74) is 0.550. The van der Waals surface area contributed by atoms with E-state index in [1.54, 1.807) is 12.1 Å². The topological polar surface area (TPSA) is 36.4 Å². The molecular formula is C16H23F4N3. The molecule has 0 saturated carbocycles. The Balaban J connectivity index is 2.69. The van der Waals surface area contributed by atoms with Gasteiger partial charge in [0.1, 0.15) is 5.82 Å². The molecular weight excluding hydrogens is 310 g/mol. The number of hydrogen-bond donors (Lipinski definition) is 2. The van der Waals surface area contributed by atoms with Gasteiger partial charge in [0, 0.05) is 18.5 Å². The van der Waals surface area contributed by atoms with Crippen molar-refractivity contribution < 1.29 is 17.6 Å². The first-order valence-electron chi connectivity index (χ1n) is 7.49. The second kappa shape index (κ2) is 8.17. The van der Waals surface area contributed by atoms with Crippen LogP contribution in [0.5, 0.6) is 0 Å². The Hall–Kier alpha value is -1.79. The smallest absolute Gasteiger partial charge is 0.357 e. The van der Waals surface area contributed by atoms with Crippen LogP contribution in [0.1, 0.15) is 32.8 Å². The van der Waals surface area contributed by atoms with Crippen LogP contribution >= 0.6 is 0 Å². The Bertz CT molecular complexity index is 507. The first-order valence-corrected chi connectivity index (χ1v) is 7.49. The summed E-state index contributed by atoms with van der Waals surface area (Å²) in [6.45, 7) is 6.42. The maximum atomic E-state index is 13.0. The van der Waals surface area contributed by atoms with E-state index in [4.69, 9.17) is 0 Å². The van der Waals surface area contributed by atoms with Gasteiger partial charge in [-0.15, -0.1) is 0 Å². The van der Waals surface area contributed by atoms with E-state index in [2.05, 4.69) is 15.6 Å². The first-order chi connectivity index (χ1) is 10.6. The van der Waals surface area contributed by atoms with Crippen LogP contribution in [0.15, 0.2) is 29.3 Å². The van der Waals surface area contributed by atoms with Crippen LogP contribution in [0, 0.1) is 5.82 Å². The molecule has 1 rings (SSSR count). The fourth-order valence-corrected chi connectivity index (χ4v) is 1.93. The minimum atomic E-state index is -4.20. The molecule has 0 aliphatic rings. The second-order valence-corrected chi connectivity index (χ2v) is 5.88. The molecule has 1 aromatic rings. The molecule has 23 heavy (non-hydrogen) atoms. The van der Waals surface area contributed by atoms with Gasteiger partial charge in [-0.1, -0.05) is 26.0 Å². The highest BCUT2D eigenvalue weighted by Gasteiger charge is 2.26. The Morgan fingerprint density at radius 3 is 2.22 bits per heavy atom. The van der Waals surface area contributed by atoms with Gasteiger partial charge < -0.3 is 10.6 Å². The number of guanidine groups is 1. The van der Waals surface area contributed by atoms with E-state index in [0.717, 1.165) is 5.56 Å². The molecule has 0 heterocycles. The van der Waals surface area contributed by atoms with E-state index in [-0.39, 0.29) is 17.8 Å². The molecule has 7 heteroatoms. The van der Waals surface area contributed by atoms with E-state index in [9.17, 15) is 17.6 Å².